The molecule has 0 unspecified atom stereocenters. The minimum Gasteiger partial charge on any atom is -0.483 e. The van der Waals surface area contributed by atoms with Crippen LogP contribution in [0.2, 0.25) is 0 Å². The normalized spacial score (nSPS) is 17.5. The monoisotopic (exact) mass is 390 g/mol. The minimum absolute atomic E-state index is 0.110. The van der Waals surface area contributed by atoms with Crippen molar-refractivity contribution < 1.29 is 29.0 Å². The van der Waals surface area contributed by atoms with Gasteiger partial charge in [0.15, 0.2) is 5.60 Å². The predicted octanol–water partition coefficient (Wildman–Crippen LogP) is 1.78. The number of ether oxygens (including phenoxy) is 2. The number of carbonyl (C=O) groups is 3. The van der Waals surface area contributed by atoms with Crippen LogP contribution in [0.1, 0.15) is 24.2 Å². The SMILES string of the molecule is Cc1nc2ccc(CNC(=O)N3CCC4(CC3)COC(=O)O4)cc2[nH]1.O=CO. The Kier molecular flexibility index (Phi) is 5.67. The molecule has 0 bridgehead atoms. The van der Waals surface area contributed by atoms with Crippen LogP contribution in [-0.2, 0) is 20.8 Å². The first-order valence-corrected chi connectivity index (χ1v) is 8.86. The van der Waals surface area contributed by atoms with Crippen LogP contribution in [0.4, 0.5) is 9.59 Å². The number of imidazole rings is 1. The quantitative estimate of drug-likeness (QED) is 0.526. The third kappa shape index (κ3) is 4.33. The Balaban J connectivity index is 0.000000706. The number of hydrogen-bond donors (Lipinski definition) is 3. The van der Waals surface area contributed by atoms with E-state index < -0.39 is 11.8 Å². The average Bonchev–Trinajstić information content (AvgIpc) is 3.22. The van der Waals surface area contributed by atoms with Crippen LogP contribution in [0.15, 0.2) is 18.2 Å². The highest BCUT2D eigenvalue weighted by atomic mass is 16.8. The number of aryl methyl sites for hydroxylation is 1. The number of rotatable bonds is 2. The zero-order valence-electron chi connectivity index (χ0n) is 15.4. The summed E-state index contributed by atoms with van der Waals surface area (Å²) in [5, 5.41) is 9.83. The van der Waals surface area contributed by atoms with Crippen LogP contribution < -0.4 is 5.32 Å². The van der Waals surface area contributed by atoms with Gasteiger partial charge in [-0.05, 0) is 24.6 Å². The zero-order valence-corrected chi connectivity index (χ0v) is 15.4. The number of benzene rings is 1. The molecule has 0 aliphatic carbocycles. The lowest BCUT2D eigenvalue weighted by atomic mass is 9.92. The molecule has 0 saturated carbocycles. The molecule has 0 atom stereocenters. The van der Waals surface area contributed by atoms with Crippen molar-refractivity contribution in [3.05, 3.63) is 29.6 Å². The van der Waals surface area contributed by atoms with Crippen molar-refractivity contribution >= 4 is 29.7 Å². The smallest absolute Gasteiger partial charge is 0.483 e. The number of carbonyl (C=O) groups excluding carboxylic acids is 2. The average molecular weight is 390 g/mol. The van der Waals surface area contributed by atoms with E-state index in [1.54, 1.807) is 4.90 Å². The molecule has 1 spiro atoms. The van der Waals surface area contributed by atoms with Crippen molar-refractivity contribution in [1.82, 2.24) is 20.2 Å². The molecular weight excluding hydrogens is 368 g/mol. The summed E-state index contributed by atoms with van der Waals surface area (Å²) in [6.07, 6.45) is 0.596. The van der Waals surface area contributed by atoms with E-state index >= 15 is 0 Å². The summed E-state index contributed by atoms with van der Waals surface area (Å²) in [4.78, 5) is 41.2. The fourth-order valence-corrected chi connectivity index (χ4v) is 3.37. The van der Waals surface area contributed by atoms with E-state index in [2.05, 4.69) is 15.3 Å². The molecule has 10 heteroatoms. The standard InChI is InChI=1S/C17H20N4O4.CH2O2/c1-11-19-13-3-2-12(8-14(13)20-11)9-18-15(22)21-6-4-17(5-7-21)10-24-16(23)25-17;2-1-3/h2-3,8H,4-7,9-10H2,1H3,(H,18,22)(H,19,20);1H,(H,2,3). The second-order valence-corrected chi connectivity index (χ2v) is 6.75. The van der Waals surface area contributed by atoms with Crippen LogP contribution in [0.3, 0.4) is 0 Å². The highest BCUT2D eigenvalue weighted by molar-refractivity contribution is 5.77. The number of aromatic nitrogens is 2. The first-order chi connectivity index (χ1) is 13.4. The molecule has 0 radical (unpaired) electrons. The summed E-state index contributed by atoms with van der Waals surface area (Å²) in [6.45, 7) is 3.48. The number of likely N-dealkylation sites (tertiary alicyclic amines) is 1. The number of piperidine rings is 1. The maximum Gasteiger partial charge on any atom is 0.509 e. The number of cyclic esters (lactones) is 1. The second-order valence-electron chi connectivity index (χ2n) is 6.75. The molecule has 1 aromatic heterocycles. The van der Waals surface area contributed by atoms with Gasteiger partial charge in [0, 0.05) is 32.5 Å². The summed E-state index contributed by atoms with van der Waals surface area (Å²) < 4.78 is 10.2. The number of nitrogens with zero attached hydrogens (tertiary/aromatic N) is 2. The molecule has 3 N–H and O–H groups in total. The summed E-state index contributed by atoms with van der Waals surface area (Å²) in [7, 11) is 0. The lowest BCUT2D eigenvalue weighted by Crippen LogP contribution is -2.50. The van der Waals surface area contributed by atoms with Crippen LogP contribution in [-0.4, -0.2) is 63.9 Å². The lowest BCUT2D eigenvalue weighted by molar-refractivity contribution is -0.122. The van der Waals surface area contributed by atoms with Gasteiger partial charge in [-0.3, -0.25) is 4.79 Å². The molecule has 1 aromatic carbocycles. The summed E-state index contributed by atoms with van der Waals surface area (Å²) in [5.41, 5.74) is 2.35. The van der Waals surface area contributed by atoms with E-state index in [1.165, 1.54) is 0 Å². The number of nitrogens with one attached hydrogen (secondary N) is 2. The third-order valence-corrected chi connectivity index (χ3v) is 4.82. The zero-order chi connectivity index (χ0) is 20.1. The van der Waals surface area contributed by atoms with Crippen LogP contribution in [0.5, 0.6) is 0 Å². The van der Waals surface area contributed by atoms with Gasteiger partial charge in [-0.25, -0.2) is 14.6 Å². The van der Waals surface area contributed by atoms with E-state index in [9.17, 15) is 9.59 Å². The maximum atomic E-state index is 12.4. The van der Waals surface area contributed by atoms with Crippen molar-refractivity contribution in [2.75, 3.05) is 19.7 Å². The number of urea groups is 1. The van der Waals surface area contributed by atoms with E-state index in [0.29, 0.717) is 32.5 Å². The van der Waals surface area contributed by atoms with Crippen molar-refractivity contribution in [2.24, 2.45) is 0 Å². The fourth-order valence-electron chi connectivity index (χ4n) is 3.37. The van der Waals surface area contributed by atoms with Gasteiger partial charge in [0.2, 0.25) is 0 Å². The molecule has 3 heterocycles. The molecule has 2 aliphatic heterocycles. The molecule has 2 aromatic rings. The number of hydrogen-bond acceptors (Lipinski definition) is 6. The molecule has 10 nitrogen and oxygen atoms in total. The number of carboxylic acid groups (broad SMARTS) is 1. The molecule has 2 aliphatic rings. The Morgan fingerprint density at radius 3 is 2.79 bits per heavy atom. The number of aromatic amines is 1. The van der Waals surface area contributed by atoms with Gasteiger partial charge in [-0.15, -0.1) is 0 Å². The van der Waals surface area contributed by atoms with Crippen molar-refractivity contribution in [1.29, 1.82) is 0 Å². The molecule has 150 valence electrons. The third-order valence-electron chi connectivity index (χ3n) is 4.82. The first-order valence-electron chi connectivity index (χ1n) is 8.86. The Morgan fingerprint density at radius 1 is 1.43 bits per heavy atom. The summed E-state index contributed by atoms with van der Waals surface area (Å²) in [6, 6.07) is 5.79. The fraction of sp³-hybridized carbons (Fsp3) is 0.444. The van der Waals surface area contributed by atoms with E-state index in [0.717, 1.165) is 22.4 Å². The number of fused-ring (bicyclic) bond motifs is 1. The molecule has 2 amide bonds. The predicted molar refractivity (Wildman–Crippen MR) is 97.7 cm³/mol. The molecular formula is C18H22N4O6. The van der Waals surface area contributed by atoms with Crippen molar-refractivity contribution in [3.8, 4) is 0 Å². The minimum atomic E-state index is -0.609. The van der Waals surface area contributed by atoms with Crippen LogP contribution in [0.25, 0.3) is 11.0 Å². The van der Waals surface area contributed by atoms with Gasteiger partial charge >= 0.3 is 12.2 Å². The largest absolute Gasteiger partial charge is 0.509 e. The Morgan fingerprint density at radius 2 is 2.14 bits per heavy atom. The Hall–Kier alpha value is -3.30. The van der Waals surface area contributed by atoms with Gasteiger partial charge in [-0.1, -0.05) is 6.07 Å². The van der Waals surface area contributed by atoms with Gasteiger partial charge in [0.25, 0.3) is 6.47 Å². The van der Waals surface area contributed by atoms with Crippen molar-refractivity contribution in [3.63, 3.8) is 0 Å². The number of H-pyrrole nitrogens is 1. The first kappa shape index (κ1) is 19.5. The topological polar surface area (TPSA) is 134 Å². The van der Waals surface area contributed by atoms with E-state index in [1.807, 2.05) is 25.1 Å². The summed E-state index contributed by atoms with van der Waals surface area (Å²) in [5.74, 6) is 0.870. The highest BCUT2D eigenvalue weighted by Crippen LogP contribution is 2.31. The van der Waals surface area contributed by atoms with Gasteiger partial charge < -0.3 is 29.8 Å². The van der Waals surface area contributed by atoms with Crippen LogP contribution >= 0.6 is 0 Å². The van der Waals surface area contributed by atoms with Gasteiger partial charge in [0.05, 0.1) is 11.0 Å². The molecule has 4 rings (SSSR count). The Labute approximate surface area is 160 Å². The lowest BCUT2D eigenvalue weighted by Gasteiger charge is -2.36. The highest BCUT2D eigenvalue weighted by Gasteiger charge is 2.45. The van der Waals surface area contributed by atoms with E-state index in [4.69, 9.17) is 19.4 Å². The van der Waals surface area contributed by atoms with Gasteiger partial charge in [-0.2, -0.15) is 0 Å². The van der Waals surface area contributed by atoms with E-state index in [-0.39, 0.29) is 19.1 Å². The molecule has 2 saturated heterocycles. The van der Waals surface area contributed by atoms with Crippen molar-refractivity contribution in [2.45, 2.75) is 31.9 Å². The number of amides is 2. The maximum absolute atomic E-state index is 12.4. The van der Waals surface area contributed by atoms with Crippen LogP contribution in [0, 0.1) is 6.92 Å². The summed E-state index contributed by atoms with van der Waals surface area (Å²) >= 11 is 0. The molecule has 2 fully saturated rings. The molecule has 28 heavy (non-hydrogen) atoms. The van der Waals surface area contributed by atoms with Gasteiger partial charge in [0.1, 0.15) is 12.4 Å². The Bertz CT molecular complexity index is 872. The second kappa shape index (κ2) is 8.15.